The van der Waals surface area contributed by atoms with Gasteiger partial charge in [0.2, 0.25) is 0 Å². The van der Waals surface area contributed by atoms with Gasteiger partial charge in [0.1, 0.15) is 41.7 Å². The maximum Gasteiger partial charge on any atom is 0.197 e. The van der Waals surface area contributed by atoms with E-state index in [-0.39, 0.29) is 23.1 Å². The molecule has 1 heterocycles. The summed E-state index contributed by atoms with van der Waals surface area (Å²) in [6.45, 7) is 7.78. The lowest BCUT2D eigenvalue weighted by Crippen LogP contribution is -2.15. The highest BCUT2D eigenvalue weighted by molar-refractivity contribution is 7.65. The third kappa shape index (κ3) is 4.88. The summed E-state index contributed by atoms with van der Waals surface area (Å²) >= 11 is 0. The Bertz CT molecular complexity index is 1230. The fourth-order valence-electron chi connectivity index (χ4n) is 3.67. The van der Waals surface area contributed by atoms with Gasteiger partial charge in [0.15, 0.2) is 16.9 Å². The zero-order chi connectivity index (χ0) is 24.3. The number of hydrogen-bond donors (Lipinski definition) is 0. The van der Waals surface area contributed by atoms with E-state index in [0.29, 0.717) is 45.3 Å². The molecular formula is C25H31O7P. The third-order valence-electron chi connectivity index (χ3n) is 5.84. The molecule has 0 aliphatic carbocycles. The van der Waals surface area contributed by atoms with Crippen molar-refractivity contribution >= 4 is 18.1 Å². The molecule has 0 bridgehead atoms. The first-order valence-electron chi connectivity index (χ1n) is 10.7. The molecule has 0 fully saturated rings. The lowest BCUT2D eigenvalue weighted by Gasteiger charge is -2.26. The average molecular weight is 474 g/mol. The minimum Gasteiger partial charge on any atom is -0.496 e. The van der Waals surface area contributed by atoms with Crippen LogP contribution < -0.4 is 24.4 Å². The van der Waals surface area contributed by atoms with Crippen molar-refractivity contribution in [1.29, 1.82) is 0 Å². The minimum atomic E-state index is -2.58. The van der Waals surface area contributed by atoms with E-state index in [0.717, 1.165) is 0 Å². The fraction of sp³-hybridized carbons (Fsp3) is 0.400. The number of rotatable bonds is 9. The summed E-state index contributed by atoms with van der Waals surface area (Å²) in [5, 5.41) is 0.310. The van der Waals surface area contributed by atoms with Gasteiger partial charge in [-0.2, -0.15) is 0 Å². The van der Waals surface area contributed by atoms with Crippen LogP contribution in [0.5, 0.6) is 23.0 Å². The molecule has 3 aromatic rings. The van der Waals surface area contributed by atoms with Crippen LogP contribution in [0.1, 0.15) is 27.7 Å². The van der Waals surface area contributed by atoms with Gasteiger partial charge < -0.3 is 27.9 Å². The topological polar surface area (TPSA) is 84.2 Å². The van der Waals surface area contributed by atoms with Gasteiger partial charge in [-0.25, -0.2) is 0 Å². The molecule has 0 spiro atoms. The van der Waals surface area contributed by atoms with Crippen molar-refractivity contribution in [3.8, 4) is 34.3 Å². The van der Waals surface area contributed by atoms with E-state index in [4.69, 9.17) is 23.4 Å². The fourth-order valence-corrected chi connectivity index (χ4v) is 5.81. The van der Waals surface area contributed by atoms with Crippen LogP contribution in [0.3, 0.4) is 0 Å². The molecule has 0 radical (unpaired) electrons. The summed E-state index contributed by atoms with van der Waals surface area (Å²) in [5.41, 5.74) is 0.704. The summed E-state index contributed by atoms with van der Waals surface area (Å²) in [5.74, 6) is 2.21. The van der Waals surface area contributed by atoms with Gasteiger partial charge in [0.25, 0.3) is 0 Å². The number of benzene rings is 2. The zero-order valence-electron chi connectivity index (χ0n) is 20.1. The molecular weight excluding hydrogens is 443 g/mol. The van der Waals surface area contributed by atoms with Crippen molar-refractivity contribution in [3.05, 3.63) is 46.6 Å². The number of fused-ring (bicyclic) bond motifs is 1. The molecule has 0 saturated carbocycles. The molecule has 0 atom stereocenters. The standard InChI is InChI=1S/C25H31O7P/c1-15(2)33(27,16(3)4)14-31-18-11-23(30-7)25-19(26)13-21(32-24(25)12-18)17-8-9-20(28-5)22(10-17)29-6/h8-13,15-16H,14H2,1-7H3. The molecule has 33 heavy (non-hydrogen) atoms. The highest BCUT2D eigenvalue weighted by Crippen LogP contribution is 2.54. The predicted octanol–water partition coefficient (Wildman–Crippen LogP) is 6.00. The highest BCUT2D eigenvalue weighted by atomic mass is 31.2. The van der Waals surface area contributed by atoms with E-state index >= 15 is 0 Å². The third-order valence-corrected chi connectivity index (χ3v) is 9.87. The van der Waals surface area contributed by atoms with E-state index in [1.165, 1.54) is 13.2 Å². The molecule has 0 aliphatic rings. The molecule has 7 nitrogen and oxygen atoms in total. The first-order valence-corrected chi connectivity index (χ1v) is 12.8. The molecule has 0 N–H and O–H groups in total. The molecule has 8 heteroatoms. The summed E-state index contributed by atoms with van der Waals surface area (Å²) < 4.78 is 41.5. The van der Waals surface area contributed by atoms with E-state index in [2.05, 4.69) is 0 Å². The molecule has 178 valence electrons. The van der Waals surface area contributed by atoms with Crippen LogP contribution in [0, 0.1) is 0 Å². The lowest BCUT2D eigenvalue weighted by atomic mass is 10.1. The van der Waals surface area contributed by atoms with Gasteiger partial charge in [-0.05, 0) is 18.2 Å². The Balaban J connectivity index is 2.08. The Labute approximate surface area is 194 Å². The van der Waals surface area contributed by atoms with Gasteiger partial charge in [-0.1, -0.05) is 27.7 Å². The summed E-state index contributed by atoms with van der Waals surface area (Å²) in [6.07, 6.45) is 0.0938. The first-order chi connectivity index (χ1) is 15.6. The van der Waals surface area contributed by atoms with Crippen LogP contribution in [0.4, 0.5) is 0 Å². The van der Waals surface area contributed by atoms with Crippen LogP contribution in [-0.2, 0) is 4.57 Å². The van der Waals surface area contributed by atoms with Gasteiger partial charge in [-0.15, -0.1) is 0 Å². The largest absolute Gasteiger partial charge is 0.496 e. The van der Waals surface area contributed by atoms with Crippen molar-refractivity contribution in [3.63, 3.8) is 0 Å². The van der Waals surface area contributed by atoms with Crippen molar-refractivity contribution in [2.75, 3.05) is 27.7 Å². The summed E-state index contributed by atoms with van der Waals surface area (Å²) in [4.78, 5) is 13.0. The van der Waals surface area contributed by atoms with Crippen LogP contribution in [-0.4, -0.2) is 39.0 Å². The quantitative estimate of drug-likeness (QED) is 0.352. The second-order valence-electron chi connectivity index (χ2n) is 8.36. The van der Waals surface area contributed by atoms with E-state index in [1.54, 1.807) is 44.6 Å². The monoisotopic (exact) mass is 474 g/mol. The van der Waals surface area contributed by atoms with Crippen molar-refractivity contribution in [2.24, 2.45) is 0 Å². The number of hydrogen-bond acceptors (Lipinski definition) is 7. The lowest BCUT2D eigenvalue weighted by molar-refractivity contribution is 0.355. The smallest absolute Gasteiger partial charge is 0.197 e. The van der Waals surface area contributed by atoms with Crippen LogP contribution >= 0.6 is 7.14 Å². The Morgan fingerprint density at radius 3 is 2.06 bits per heavy atom. The molecule has 3 rings (SSSR count). The molecule has 0 unspecified atom stereocenters. The molecule has 2 aromatic carbocycles. The van der Waals surface area contributed by atoms with Crippen LogP contribution in [0.15, 0.2) is 45.6 Å². The average Bonchev–Trinajstić information content (AvgIpc) is 2.80. The summed E-state index contributed by atoms with van der Waals surface area (Å²) in [7, 11) is 2.00. The van der Waals surface area contributed by atoms with Crippen molar-refractivity contribution in [1.82, 2.24) is 0 Å². The van der Waals surface area contributed by atoms with Gasteiger partial charge >= 0.3 is 0 Å². The second kappa shape index (κ2) is 9.92. The number of methoxy groups -OCH3 is 3. The van der Waals surface area contributed by atoms with E-state index in [1.807, 2.05) is 27.7 Å². The maximum absolute atomic E-state index is 13.4. The second-order valence-corrected chi connectivity index (χ2v) is 12.4. The van der Waals surface area contributed by atoms with Gasteiger partial charge in [-0.3, -0.25) is 4.79 Å². The molecule has 0 saturated heterocycles. The minimum absolute atomic E-state index is 0.00515. The molecule has 0 aliphatic heterocycles. The SMILES string of the molecule is COc1ccc(-c2cc(=O)c3c(OC)cc(OCP(=O)(C(C)C)C(C)C)cc3o2)cc1OC. The Morgan fingerprint density at radius 1 is 0.848 bits per heavy atom. The molecule has 0 amide bonds. The van der Waals surface area contributed by atoms with Crippen molar-refractivity contribution < 1.29 is 27.9 Å². The van der Waals surface area contributed by atoms with E-state index in [9.17, 15) is 9.36 Å². The normalized spacial score (nSPS) is 11.8. The predicted molar refractivity (Wildman–Crippen MR) is 131 cm³/mol. The van der Waals surface area contributed by atoms with Gasteiger partial charge in [0.05, 0.1) is 21.3 Å². The van der Waals surface area contributed by atoms with Crippen LogP contribution in [0.25, 0.3) is 22.3 Å². The molecule has 1 aromatic heterocycles. The Kier molecular flexibility index (Phi) is 7.43. The van der Waals surface area contributed by atoms with Gasteiger partial charge in [0, 0.05) is 35.1 Å². The van der Waals surface area contributed by atoms with Crippen LogP contribution in [0.2, 0.25) is 0 Å². The highest BCUT2D eigenvalue weighted by Gasteiger charge is 2.31. The van der Waals surface area contributed by atoms with Crippen molar-refractivity contribution in [2.45, 2.75) is 39.0 Å². The Morgan fingerprint density at radius 2 is 1.48 bits per heavy atom. The summed E-state index contributed by atoms with van der Waals surface area (Å²) in [6, 6.07) is 9.94. The maximum atomic E-state index is 13.4. The zero-order valence-corrected chi connectivity index (χ0v) is 21.0. The van der Waals surface area contributed by atoms with E-state index < -0.39 is 7.14 Å². The Hall–Kier alpha value is -2.92. The number of ether oxygens (including phenoxy) is 4. The first kappa shape index (κ1) is 24.7.